The Labute approximate surface area is 110 Å². The van der Waals surface area contributed by atoms with Crippen LogP contribution in [0.15, 0.2) is 4.99 Å². The average molecular weight is 254 g/mol. The molecular formula is C13H26N4O. The number of hydrogen-bond donors (Lipinski definition) is 2. The van der Waals surface area contributed by atoms with Crippen LogP contribution in [0.1, 0.15) is 34.1 Å². The Balaban J connectivity index is 2.46. The van der Waals surface area contributed by atoms with Crippen LogP contribution in [-0.2, 0) is 4.79 Å². The lowest BCUT2D eigenvalue weighted by Gasteiger charge is -2.20. The van der Waals surface area contributed by atoms with Gasteiger partial charge in [0.1, 0.15) is 0 Å². The number of nitrogens with one attached hydrogen (secondary N) is 2. The van der Waals surface area contributed by atoms with Gasteiger partial charge in [-0.2, -0.15) is 0 Å². The summed E-state index contributed by atoms with van der Waals surface area (Å²) < 4.78 is 0. The third-order valence-electron chi connectivity index (χ3n) is 3.00. The van der Waals surface area contributed by atoms with E-state index in [9.17, 15) is 4.79 Å². The maximum absolute atomic E-state index is 11.9. The van der Waals surface area contributed by atoms with Crippen LogP contribution >= 0.6 is 0 Å². The van der Waals surface area contributed by atoms with Gasteiger partial charge in [0.05, 0.1) is 0 Å². The summed E-state index contributed by atoms with van der Waals surface area (Å²) in [6.45, 7) is 11.2. The Morgan fingerprint density at radius 1 is 1.44 bits per heavy atom. The number of nitrogens with zero attached hydrogens (tertiary/aromatic N) is 2. The van der Waals surface area contributed by atoms with Crippen molar-refractivity contribution < 1.29 is 4.79 Å². The lowest BCUT2D eigenvalue weighted by Crippen LogP contribution is -2.45. The van der Waals surface area contributed by atoms with Crippen molar-refractivity contribution in [2.45, 2.75) is 40.2 Å². The topological polar surface area (TPSA) is 56.7 Å². The molecule has 1 fully saturated rings. The monoisotopic (exact) mass is 254 g/mol. The summed E-state index contributed by atoms with van der Waals surface area (Å²) in [5.41, 5.74) is 0. The van der Waals surface area contributed by atoms with Crippen LogP contribution < -0.4 is 10.6 Å². The fraction of sp³-hybridized carbons (Fsp3) is 0.846. The smallest absolute Gasteiger partial charge is 0.225 e. The molecule has 1 amide bonds. The fourth-order valence-electron chi connectivity index (χ4n) is 2.11. The van der Waals surface area contributed by atoms with E-state index in [0.29, 0.717) is 6.04 Å². The predicted octanol–water partition coefficient (Wildman–Crippen LogP) is 0.818. The lowest BCUT2D eigenvalue weighted by atomic mass is 10.2. The second-order valence-electron chi connectivity index (χ2n) is 4.92. The largest absolute Gasteiger partial charge is 0.357 e. The molecule has 2 N–H and O–H groups in total. The zero-order chi connectivity index (χ0) is 13.5. The Bertz CT molecular complexity index is 301. The molecule has 0 saturated carbocycles. The van der Waals surface area contributed by atoms with Crippen molar-refractivity contribution in [2.24, 2.45) is 10.9 Å². The highest BCUT2D eigenvalue weighted by molar-refractivity contribution is 5.81. The number of aliphatic imine (C=N–C) groups is 1. The summed E-state index contributed by atoms with van der Waals surface area (Å²) in [4.78, 5) is 18.2. The molecule has 1 aliphatic heterocycles. The number of amides is 1. The molecule has 5 nitrogen and oxygen atoms in total. The molecule has 1 atom stereocenters. The second-order valence-corrected chi connectivity index (χ2v) is 4.92. The maximum Gasteiger partial charge on any atom is 0.225 e. The molecule has 0 radical (unpaired) electrons. The van der Waals surface area contributed by atoms with E-state index < -0.39 is 0 Å². The number of hydrogen-bond acceptors (Lipinski definition) is 2. The van der Waals surface area contributed by atoms with Gasteiger partial charge in [0, 0.05) is 38.1 Å². The zero-order valence-corrected chi connectivity index (χ0v) is 12.0. The minimum absolute atomic E-state index is 0.0845. The van der Waals surface area contributed by atoms with Crippen LogP contribution in [-0.4, -0.2) is 49.0 Å². The molecule has 18 heavy (non-hydrogen) atoms. The SMILES string of the molecule is CCN=C(NCC)NC1CCN(C(=O)C(C)C)C1. The summed E-state index contributed by atoms with van der Waals surface area (Å²) in [7, 11) is 0. The average Bonchev–Trinajstić information content (AvgIpc) is 2.77. The molecule has 1 aliphatic rings. The minimum atomic E-state index is 0.0845. The Hall–Kier alpha value is -1.26. The molecule has 0 aliphatic carbocycles. The lowest BCUT2D eigenvalue weighted by molar-refractivity contribution is -0.133. The molecule has 1 unspecified atom stereocenters. The van der Waals surface area contributed by atoms with Crippen molar-refractivity contribution in [2.75, 3.05) is 26.2 Å². The maximum atomic E-state index is 11.9. The first kappa shape index (κ1) is 14.8. The molecular weight excluding hydrogens is 228 g/mol. The van der Waals surface area contributed by atoms with Gasteiger partial charge in [0.25, 0.3) is 0 Å². The molecule has 1 saturated heterocycles. The van der Waals surface area contributed by atoms with Crippen molar-refractivity contribution in [1.29, 1.82) is 0 Å². The van der Waals surface area contributed by atoms with E-state index in [2.05, 4.69) is 22.5 Å². The molecule has 0 aromatic carbocycles. The molecule has 0 aromatic rings. The Kier molecular flexibility index (Phi) is 5.95. The molecule has 104 valence electrons. The van der Waals surface area contributed by atoms with E-state index in [4.69, 9.17) is 0 Å². The number of carbonyl (C=O) groups is 1. The number of rotatable bonds is 4. The second kappa shape index (κ2) is 7.24. The third-order valence-corrected chi connectivity index (χ3v) is 3.00. The molecule has 0 spiro atoms. The highest BCUT2D eigenvalue weighted by Gasteiger charge is 2.27. The van der Waals surface area contributed by atoms with Crippen LogP contribution in [0.4, 0.5) is 0 Å². The van der Waals surface area contributed by atoms with E-state index in [-0.39, 0.29) is 11.8 Å². The highest BCUT2D eigenvalue weighted by Crippen LogP contribution is 2.12. The van der Waals surface area contributed by atoms with Gasteiger partial charge in [-0.15, -0.1) is 0 Å². The van der Waals surface area contributed by atoms with Crippen LogP contribution in [0.25, 0.3) is 0 Å². The molecule has 1 rings (SSSR count). The van der Waals surface area contributed by atoms with Crippen molar-refractivity contribution >= 4 is 11.9 Å². The van der Waals surface area contributed by atoms with Gasteiger partial charge < -0.3 is 15.5 Å². The number of carbonyl (C=O) groups excluding carboxylic acids is 1. The fourth-order valence-corrected chi connectivity index (χ4v) is 2.11. The summed E-state index contributed by atoms with van der Waals surface area (Å²) in [6, 6.07) is 0.317. The summed E-state index contributed by atoms with van der Waals surface area (Å²) in [5, 5.41) is 6.60. The predicted molar refractivity (Wildman–Crippen MR) is 74.6 cm³/mol. The number of likely N-dealkylation sites (tertiary alicyclic amines) is 1. The summed E-state index contributed by atoms with van der Waals surface area (Å²) in [6.07, 6.45) is 0.993. The van der Waals surface area contributed by atoms with Crippen LogP contribution in [0.2, 0.25) is 0 Å². The normalized spacial score (nSPS) is 20.4. The third kappa shape index (κ3) is 4.20. The van der Waals surface area contributed by atoms with Crippen molar-refractivity contribution in [3.63, 3.8) is 0 Å². The van der Waals surface area contributed by atoms with Gasteiger partial charge in [0.2, 0.25) is 5.91 Å². The van der Waals surface area contributed by atoms with Gasteiger partial charge in [-0.3, -0.25) is 9.79 Å². The van der Waals surface area contributed by atoms with Crippen molar-refractivity contribution in [3.05, 3.63) is 0 Å². The Morgan fingerprint density at radius 3 is 2.72 bits per heavy atom. The van der Waals surface area contributed by atoms with Gasteiger partial charge in [-0.05, 0) is 20.3 Å². The van der Waals surface area contributed by atoms with Gasteiger partial charge in [0.15, 0.2) is 5.96 Å². The first-order valence-corrected chi connectivity index (χ1v) is 6.92. The van der Waals surface area contributed by atoms with Gasteiger partial charge in [-0.1, -0.05) is 13.8 Å². The molecule has 5 heteroatoms. The Morgan fingerprint density at radius 2 is 2.17 bits per heavy atom. The van der Waals surface area contributed by atoms with E-state index in [1.807, 2.05) is 25.7 Å². The van der Waals surface area contributed by atoms with E-state index in [1.165, 1.54) is 0 Å². The van der Waals surface area contributed by atoms with Crippen LogP contribution in [0.5, 0.6) is 0 Å². The minimum Gasteiger partial charge on any atom is -0.357 e. The van der Waals surface area contributed by atoms with Crippen molar-refractivity contribution in [1.82, 2.24) is 15.5 Å². The van der Waals surface area contributed by atoms with E-state index in [0.717, 1.165) is 38.6 Å². The summed E-state index contributed by atoms with van der Waals surface area (Å²) in [5.74, 6) is 1.18. The van der Waals surface area contributed by atoms with Crippen LogP contribution in [0.3, 0.4) is 0 Å². The summed E-state index contributed by atoms with van der Waals surface area (Å²) >= 11 is 0. The zero-order valence-electron chi connectivity index (χ0n) is 12.0. The molecule has 0 bridgehead atoms. The quantitative estimate of drug-likeness (QED) is 0.577. The van der Waals surface area contributed by atoms with Gasteiger partial charge >= 0.3 is 0 Å². The number of guanidine groups is 1. The first-order chi connectivity index (χ1) is 8.58. The van der Waals surface area contributed by atoms with Crippen LogP contribution in [0, 0.1) is 5.92 Å². The van der Waals surface area contributed by atoms with Crippen molar-refractivity contribution in [3.8, 4) is 0 Å². The van der Waals surface area contributed by atoms with E-state index in [1.54, 1.807) is 0 Å². The standard InChI is InChI=1S/C13H26N4O/c1-5-14-13(15-6-2)16-11-7-8-17(9-11)12(18)10(3)4/h10-11H,5-9H2,1-4H3,(H2,14,15,16). The highest BCUT2D eigenvalue weighted by atomic mass is 16.2. The van der Waals surface area contributed by atoms with E-state index >= 15 is 0 Å². The first-order valence-electron chi connectivity index (χ1n) is 6.92. The molecule has 0 aromatic heterocycles. The van der Waals surface area contributed by atoms with Gasteiger partial charge in [-0.25, -0.2) is 0 Å². The molecule has 1 heterocycles.